The molecule has 0 fully saturated rings. The molecule has 0 aliphatic carbocycles. The predicted octanol–water partition coefficient (Wildman–Crippen LogP) is 1.47. The molecule has 0 radical (unpaired) electrons. The molecule has 100 valence electrons. The average molecular weight is 268 g/mol. The third-order valence-corrected chi connectivity index (χ3v) is 2.94. The summed E-state index contributed by atoms with van der Waals surface area (Å²) in [4.78, 5) is 16.2. The topological polar surface area (TPSA) is 79.5 Å². The first-order chi connectivity index (χ1) is 9.78. The van der Waals surface area contributed by atoms with Crippen molar-refractivity contribution in [2.75, 3.05) is 5.32 Å². The SMILES string of the molecule is O=C(Nc1cccc(CO)c1)c1cnn2ccncc12. The van der Waals surface area contributed by atoms with E-state index in [1.807, 2.05) is 0 Å². The van der Waals surface area contributed by atoms with Crippen LogP contribution in [0.4, 0.5) is 5.69 Å². The van der Waals surface area contributed by atoms with Crippen molar-refractivity contribution in [1.29, 1.82) is 0 Å². The number of hydrogen-bond acceptors (Lipinski definition) is 4. The molecule has 0 saturated heterocycles. The summed E-state index contributed by atoms with van der Waals surface area (Å²) in [6, 6.07) is 7.05. The van der Waals surface area contributed by atoms with E-state index in [1.54, 1.807) is 47.4 Å². The van der Waals surface area contributed by atoms with E-state index in [-0.39, 0.29) is 12.5 Å². The molecule has 20 heavy (non-hydrogen) atoms. The maximum atomic E-state index is 12.2. The fraction of sp³-hybridized carbons (Fsp3) is 0.0714. The van der Waals surface area contributed by atoms with Crippen LogP contribution in [0.5, 0.6) is 0 Å². The highest BCUT2D eigenvalue weighted by molar-refractivity contribution is 6.08. The van der Waals surface area contributed by atoms with Gasteiger partial charge < -0.3 is 10.4 Å². The second kappa shape index (κ2) is 5.10. The number of aromatic nitrogens is 3. The Morgan fingerprint density at radius 2 is 2.25 bits per heavy atom. The van der Waals surface area contributed by atoms with E-state index in [2.05, 4.69) is 15.4 Å². The Bertz CT molecular complexity index is 766. The van der Waals surface area contributed by atoms with E-state index < -0.39 is 0 Å². The van der Waals surface area contributed by atoms with E-state index in [4.69, 9.17) is 5.11 Å². The minimum Gasteiger partial charge on any atom is -0.392 e. The van der Waals surface area contributed by atoms with Crippen molar-refractivity contribution >= 4 is 17.1 Å². The largest absolute Gasteiger partial charge is 0.392 e. The van der Waals surface area contributed by atoms with Crippen molar-refractivity contribution in [3.05, 3.63) is 60.2 Å². The Hall–Kier alpha value is -2.73. The molecule has 3 aromatic rings. The van der Waals surface area contributed by atoms with Crippen molar-refractivity contribution in [3.8, 4) is 0 Å². The minimum absolute atomic E-state index is 0.0651. The van der Waals surface area contributed by atoms with Gasteiger partial charge in [-0.05, 0) is 17.7 Å². The molecule has 0 spiro atoms. The molecule has 0 bridgehead atoms. The van der Waals surface area contributed by atoms with Crippen molar-refractivity contribution < 1.29 is 9.90 Å². The number of aliphatic hydroxyl groups excluding tert-OH is 1. The fourth-order valence-electron chi connectivity index (χ4n) is 1.96. The zero-order chi connectivity index (χ0) is 13.9. The highest BCUT2D eigenvalue weighted by Crippen LogP contribution is 2.14. The molecule has 1 aromatic carbocycles. The van der Waals surface area contributed by atoms with Crippen LogP contribution >= 0.6 is 0 Å². The van der Waals surface area contributed by atoms with Crippen LogP contribution in [-0.2, 0) is 6.61 Å². The van der Waals surface area contributed by atoms with E-state index in [0.717, 1.165) is 5.56 Å². The van der Waals surface area contributed by atoms with Crippen LogP contribution in [0.1, 0.15) is 15.9 Å². The quantitative estimate of drug-likeness (QED) is 0.754. The molecule has 0 aliphatic rings. The van der Waals surface area contributed by atoms with Crippen LogP contribution in [0.15, 0.2) is 49.1 Å². The summed E-state index contributed by atoms with van der Waals surface area (Å²) >= 11 is 0. The zero-order valence-corrected chi connectivity index (χ0v) is 10.5. The van der Waals surface area contributed by atoms with Crippen LogP contribution in [0.2, 0.25) is 0 Å². The summed E-state index contributed by atoms with van der Waals surface area (Å²) in [5.41, 5.74) is 2.46. The smallest absolute Gasteiger partial charge is 0.259 e. The van der Waals surface area contributed by atoms with Crippen LogP contribution in [-0.4, -0.2) is 25.6 Å². The lowest BCUT2D eigenvalue weighted by Gasteiger charge is -2.05. The number of anilines is 1. The van der Waals surface area contributed by atoms with Crippen molar-refractivity contribution in [2.45, 2.75) is 6.61 Å². The molecule has 6 heteroatoms. The number of rotatable bonds is 3. The predicted molar refractivity (Wildman–Crippen MR) is 73.3 cm³/mol. The first-order valence-electron chi connectivity index (χ1n) is 6.06. The molecule has 2 heterocycles. The third-order valence-electron chi connectivity index (χ3n) is 2.94. The van der Waals surface area contributed by atoms with Gasteiger partial charge in [-0.3, -0.25) is 9.78 Å². The fourth-order valence-corrected chi connectivity index (χ4v) is 1.96. The number of fused-ring (bicyclic) bond motifs is 1. The summed E-state index contributed by atoms with van der Waals surface area (Å²) in [5, 5.41) is 16.0. The number of hydrogen-bond donors (Lipinski definition) is 2. The highest BCUT2D eigenvalue weighted by atomic mass is 16.3. The third kappa shape index (κ3) is 2.24. The molecule has 0 aliphatic heterocycles. The number of carbonyl (C=O) groups is 1. The number of benzene rings is 1. The first-order valence-corrected chi connectivity index (χ1v) is 6.06. The Morgan fingerprint density at radius 1 is 1.35 bits per heavy atom. The van der Waals surface area contributed by atoms with Crippen LogP contribution in [0.25, 0.3) is 5.52 Å². The summed E-state index contributed by atoms with van der Waals surface area (Å²) in [5.74, 6) is -0.261. The first kappa shape index (κ1) is 12.3. The Morgan fingerprint density at radius 3 is 3.10 bits per heavy atom. The summed E-state index contributed by atoms with van der Waals surface area (Å²) in [6.07, 6.45) is 6.37. The van der Waals surface area contributed by atoms with E-state index in [1.165, 1.54) is 6.20 Å². The molecular formula is C14H12N4O2. The molecule has 6 nitrogen and oxygen atoms in total. The van der Waals surface area contributed by atoms with Gasteiger partial charge in [-0.2, -0.15) is 5.10 Å². The van der Waals surface area contributed by atoms with Gasteiger partial charge in [0.05, 0.1) is 30.1 Å². The van der Waals surface area contributed by atoms with Crippen LogP contribution in [0, 0.1) is 0 Å². The lowest BCUT2D eigenvalue weighted by atomic mass is 10.2. The standard InChI is InChI=1S/C14H12N4O2/c19-9-10-2-1-3-11(6-10)17-14(20)12-7-16-18-5-4-15-8-13(12)18/h1-8,19H,9H2,(H,17,20). The van der Waals surface area contributed by atoms with E-state index in [0.29, 0.717) is 16.8 Å². The molecule has 0 saturated carbocycles. The van der Waals surface area contributed by atoms with Crippen molar-refractivity contribution in [2.24, 2.45) is 0 Å². The second-order valence-electron chi connectivity index (χ2n) is 4.28. The molecule has 3 rings (SSSR count). The number of amides is 1. The van der Waals surface area contributed by atoms with E-state index in [9.17, 15) is 4.79 Å². The Labute approximate surface area is 114 Å². The summed E-state index contributed by atoms with van der Waals surface area (Å²) in [7, 11) is 0. The molecule has 2 N–H and O–H groups in total. The van der Waals surface area contributed by atoms with Gasteiger partial charge in [0, 0.05) is 18.1 Å². The Balaban J connectivity index is 1.89. The van der Waals surface area contributed by atoms with Gasteiger partial charge in [-0.1, -0.05) is 12.1 Å². The van der Waals surface area contributed by atoms with Crippen LogP contribution in [0.3, 0.4) is 0 Å². The lowest BCUT2D eigenvalue weighted by molar-refractivity contribution is 0.102. The van der Waals surface area contributed by atoms with Gasteiger partial charge in [-0.15, -0.1) is 0 Å². The van der Waals surface area contributed by atoms with Gasteiger partial charge in [-0.25, -0.2) is 4.52 Å². The molecule has 1 amide bonds. The maximum absolute atomic E-state index is 12.2. The van der Waals surface area contributed by atoms with Gasteiger partial charge in [0.1, 0.15) is 0 Å². The van der Waals surface area contributed by atoms with Gasteiger partial charge in [0.25, 0.3) is 5.91 Å². The van der Waals surface area contributed by atoms with Gasteiger partial charge in [0.15, 0.2) is 0 Å². The zero-order valence-electron chi connectivity index (χ0n) is 10.5. The molecule has 2 aromatic heterocycles. The number of nitrogens with zero attached hydrogens (tertiary/aromatic N) is 3. The molecular weight excluding hydrogens is 256 g/mol. The highest BCUT2D eigenvalue weighted by Gasteiger charge is 2.12. The number of nitrogens with one attached hydrogen (secondary N) is 1. The van der Waals surface area contributed by atoms with Gasteiger partial charge in [0.2, 0.25) is 0 Å². The van der Waals surface area contributed by atoms with Crippen molar-refractivity contribution in [3.63, 3.8) is 0 Å². The Kier molecular flexibility index (Phi) is 3.14. The second-order valence-corrected chi connectivity index (χ2v) is 4.28. The van der Waals surface area contributed by atoms with Gasteiger partial charge >= 0.3 is 0 Å². The van der Waals surface area contributed by atoms with E-state index >= 15 is 0 Å². The minimum atomic E-state index is -0.261. The van der Waals surface area contributed by atoms with Crippen molar-refractivity contribution in [1.82, 2.24) is 14.6 Å². The number of aliphatic hydroxyl groups is 1. The normalized spacial score (nSPS) is 10.7. The lowest BCUT2D eigenvalue weighted by Crippen LogP contribution is -2.11. The number of carbonyl (C=O) groups excluding carboxylic acids is 1. The summed E-state index contributed by atoms with van der Waals surface area (Å²) in [6.45, 7) is -0.0651. The monoisotopic (exact) mass is 268 g/mol. The summed E-state index contributed by atoms with van der Waals surface area (Å²) < 4.78 is 1.59. The maximum Gasteiger partial charge on any atom is 0.259 e. The molecule has 0 atom stereocenters. The van der Waals surface area contributed by atoms with Crippen LogP contribution < -0.4 is 5.32 Å². The molecule has 0 unspecified atom stereocenters. The average Bonchev–Trinajstić information content (AvgIpc) is 2.91.